The van der Waals surface area contributed by atoms with Crippen molar-refractivity contribution in [3.05, 3.63) is 53.6 Å². The minimum absolute atomic E-state index is 0.770. The molecule has 0 atom stereocenters. The third-order valence-corrected chi connectivity index (χ3v) is 2.93. The average Bonchev–Trinajstić information content (AvgIpc) is 2.41. The fraction of sp³-hybridized carbons (Fsp3) is 0.200. The summed E-state index contributed by atoms with van der Waals surface area (Å²) in [6.45, 7) is 2.77. The van der Waals surface area contributed by atoms with Crippen molar-refractivity contribution in [2.45, 2.75) is 13.5 Å². The number of hydrogen-bond donors (Lipinski definition) is 2. The van der Waals surface area contributed by atoms with Gasteiger partial charge < -0.3 is 15.8 Å². The van der Waals surface area contributed by atoms with Gasteiger partial charge in [-0.3, -0.25) is 0 Å². The van der Waals surface area contributed by atoms with Crippen molar-refractivity contribution < 1.29 is 4.74 Å². The van der Waals surface area contributed by atoms with E-state index in [1.165, 1.54) is 5.56 Å². The summed E-state index contributed by atoms with van der Waals surface area (Å²) in [5, 5.41) is 3.35. The van der Waals surface area contributed by atoms with Crippen LogP contribution in [0.1, 0.15) is 11.1 Å². The zero-order chi connectivity index (χ0) is 13.0. The fourth-order valence-corrected chi connectivity index (χ4v) is 1.70. The first-order valence-electron chi connectivity index (χ1n) is 5.92. The van der Waals surface area contributed by atoms with Crippen LogP contribution in [0.15, 0.2) is 42.5 Å². The first-order chi connectivity index (χ1) is 8.69. The van der Waals surface area contributed by atoms with Crippen LogP contribution in [-0.4, -0.2) is 7.11 Å². The average molecular weight is 242 g/mol. The Bertz CT molecular complexity index is 521. The molecule has 0 spiro atoms. The van der Waals surface area contributed by atoms with Gasteiger partial charge in [-0.15, -0.1) is 0 Å². The summed E-state index contributed by atoms with van der Waals surface area (Å²) < 4.78 is 5.12. The molecular weight excluding hydrogens is 224 g/mol. The highest BCUT2D eigenvalue weighted by Crippen LogP contribution is 2.18. The summed E-state index contributed by atoms with van der Waals surface area (Å²) in [5.41, 5.74) is 10.0. The van der Waals surface area contributed by atoms with E-state index in [0.29, 0.717) is 0 Å². The Morgan fingerprint density at radius 3 is 2.44 bits per heavy atom. The largest absolute Gasteiger partial charge is 0.497 e. The highest BCUT2D eigenvalue weighted by Gasteiger charge is 1.98. The van der Waals surface area contributed by atoms with Crippen molar-refractivity contribution in [1.29, 1.82) is 0 Å². The van der Waals surface area contributed by atoms with Gasteiger partial charge in [0, 0.05) is 17.9 Å². The minimum atomic E-state index is 0.770. The van der Waals surface area contributed by atoms with Crippen molar-refractivity contribution in [3.63, 3.8) is 0 Å². The van der Waals surface area contributed by atoms with Crippen molar-refractivity contribution in [1.82, 2.24) is 0 Å². The molecule has 0 saturated heterocycles. The second-order valence-corrected chi connectivity index (χ2v) is 4.27. The number of nitrogen functional groups attached to an aromatic ring is 1. The minimum Gasteiger partial charge on any atom is -0.497 e. The van der Waals surface area contributed by atoms with Gasteiger partial charge in [-0.25, -0.2) is 0 Å². The van der Waals surface area contributed by atoms with Crippen molar-refractivity contribution in [2.24, 2.45) is 0 Å². The Hall–Kier alpha value is -2.16. The molecule has 18 heavy (non-hydrogen) atoms. The highest BCUT2D eigenvalue weighted by atomic mass is 16.5. The number of nitrogens with one attached hydrogen (secondary N) is 1. The number of benzene rings is 2. The molecule has 0 radical (unpaired) electrons. The Morgan fingerprint density at radius 1 is 1.11 bits per heavy atom. The van der Waals surface area contributed by atoms with Gasteiger partial charge in [-0.2, -0.15) is 0 Å². The number of methoxy groups -OCH3 is 1. The lowest BCUT2D eigenvalue weighted by Crippen LogP contribution is -2.00. The maximum atomic E-state index is 5.87. The molecule has 0 aliphatic carbocycles. The Morgan fingerprint density at radius 2 is 1.83 bits per heavy atom. The van der Waals surface area contributed by atoms with E-state index in [1.807, 2.05) is 49.4 Å². The number of anilines is 2. The van der Waals surface area contributed by atoms with E-state index in [0.717, 1.165) is 29.2 Å². The SMILES string of the molecule is COc1ccc(CNc2ccc(C)c(N)c2)cc1. The molecule has 2 aromatic rings. The van der Waals surface area contributed by atoms with Gasteiger partial charge in [-0.05, 0) is 42.3 Å². The second kappa shape index (κ2) is 5.45. The second-order valence-electron chi connectivity index (χ2n) is 4.27. The smallest absolute Gasteiger partial charge is 0.118 e. The summed E-state index contributed by atoms with van der Waals surface area (Å²) in [6, 6.07) is 14.0. The summed E-state index contributed by atoms with van der Waals surface area (Å²) in [4.78, 5) is 0. The molecule has 3 nitrogen and oxygen atoms in total. The fourth-order valence-electron chi connectivity index (χ4n) is 1.70. The maximum Gasteiger partial charge on any atom is 0.118 e. The molecule has 0 amide bonds. The molecule has 0 fully saturated rings. The van der Waals surface area contributed by atoms with Gasteiger partial charge in [0.1, 0.15) is 5.75 Å². The van der Waals surface area contributed by atoms with Gasteiger partial charge in [-0.1, -0.05) is 18.2 Å². The first kappa shape index (κ1) is 12.3. The summed E-state index contributed by atoms with van der Waals surface area (Å²) in [6.07, 6.45) is 0. The molecule has 94 valence electrons. The lowest BCUT2D eigenvalue weighted by Gasteiger charge is -2.09. The predicted octanol–water partition coefficient (Wildman–Crippen LogP) is 3.20. The van der Waals surface area contributed by atoms with Crippen molar-refractivity contribution >= 4 is 11.4 Å². The number of rotatable bonds is 4. The number of nitrogens with two attached hydrogens (primary N) is 1. The summed E-state index contributed by atoms with van der Waals surface area (Å²) >= 11 is 0. The van der Waals surface area contributed by atoms with Crippen LogP contribution in [0.3, 0.4) is 0 Å². The van der Waals surface area contributed by atoms with Crippen LogP contribution in [0, 0.1) is 6.92 Å². The van der Waals surface area contributed by atoms with E-state index >= 15 is 0 Å². The van der Waals surface area contributed by atoms with Crippen LogP contribution in [-0.2, 0) is 6.54 Å². The van der Waals surface area contributed by atoms with Gasteiger partial charge in [0.05, 0.1) is 7.11 Å². The number of aryl methyl sites for hydroxylation is 1. The molecule has 2 rings (SSSR count). The van der Waals surface area contributed by atoms with Crippen molar-refractivity contribution in [3.8, 4) is 5.75 Å². The molecule has 0 unspecified atom stereocenters. The van der Waals surface area contributed by atoms with Crippen LogP contribution in [0.4, 0.5) is 11.4 Å². The van der Waals surface area contributed by atoms with Crippen molar-refractivity contribution in [2.75, 3.05) is 18.2 Å². The summed E-state index contributed by atoms with van der Waals surface area (Å²) in [5.74, 6) is 0.873. The third-order valence-electron chi connectivity index (χ3n) is 2.93. The Balaban J connectivity index is 1.99. The van der Waals surface area contributed by atoms with E-state index in [1.54, 1.807) is 7.11 Å². The Kier molecular flexibility index (Phi) is 3.72. The Labute approximate surface area is 108 Å². The normalized spacial score (nSPS) is 10.1. The molecule has 0 aromatic heterocycles. The van der Waals surface area contributed by atoms with Gasteiger partial charge in [0.15, 0.2) is 0 Å². The predicted molar refractivity (Wildman–Crippen MR) is 75.9 cm³/mol. The number of hydrogen-bond acceptors (Lipinski definition) is 3. The quantitative estimate of drug-likeness (QED) is 0.809. The first-order valence-corrected chi connectivity index (χ1v) is 5.92. The molecule has 0 bridgehead atoms. The van der Waals surface area contributed by atoms with Crippen LogP contribution in [0.2, 0.25) is 0 Å². The van der Waals surface area contributed by atoms with Crippen LogP contribution >= 0.6 is 0 Å². The molecule has 3 N–H and O–H groups in total. The van der Waals surface area contributed by atoms with E-state index < -0.39 is 0 Å². The zero-order valence-corrected chi connectivity index (χ0v) is 10.7. The van der Waals surface area contributed by atoms with Crippen LogP contribution in [0.25, 0.3) is 0 Å². The van der Waals surface area contributed by atoms with E-state index in [2.05, 4.69) is 5.32 Å². The maximum absolute atomic E-state index is 5.87. The van der Waals surface area contributed by atoms with E-state index in [4.69, 9.17) is 10.5 Å². The van der Waals surface area contributed by atoms with Crippen LogP contribution < -0.4 is 15.8 Å². The van der Waals surface area contributed by atoms with Gasteiger partial charge in [0.25, 0.3) is 0 Å². The number of ether oxygens (including phenoxy) is 1. The summed E-state index contributed by atoms with van der Waals surface area (Å²) in [7, 11) is 1.67. The standard InChI is InChI=1S/C15H18N2O/c1-11-3-6-13(9-15(11)16)17-10-12-4-7-14(18-2)8-5-12/h3-9,17H,10,16H2,1-2H3. The molecular formula is C15H18N2O. The zero-order valence-electron chi connectivity index (χ0n) is 10.7. The highest BCUT2D eigenvalue weighted by molar-refractivity contribution is 5.58. The molecule has 2 aromatic carbocycles. The van der Waals surface area contributed by atoms with Crippen LogP contribution in [0.5, 0.6) is 5.75 Å². The van der Waals surface area contributed by atoms with E-state index in [-0.39, 0.29) is 0 Å². The monoisotopic (exact) mass is 242 g/mol. The molecule has 0 heterocycles. The topological polar surface area (TPSA) is 47.3 Å². The van der Waals surface area contributed by atoms with Gasteiger partial charge >= 0.3 is 0 Å². The molecule has 3 heteroatoms. The van der Waals surface area contributed by atoms with E-state index in [9.17, 15) is 0 Å². The van der Waals surface area contributed by atoms with Gasteiger partial charge in [0.2, 0.25) is 0 Å². The molecule has 0 saturated carbocycles. The lowest BCUT2D eigenvalue weighted by molar-refractivity contribution is 0.414. The lowest BCUT2D eigenvalue weighted by atomic mass is 10.1. The third kappa shape index (κ3) is 2.94. The molecule has 0 aliphatic rings. The molecule has 0 aliphatic heterocycles.